The zero-order valence-corrected chi connectivity index (χ0v) is 11.0. The van der Waals surface area contributed by atoms with Crippen molar-refractivity contribution in [3.63, 3.8) is 0 Å². The Bertz CT molecular complexity index is 462. The fourth-order valence-corrected chi connectivity index (χ4v) is 2.27. The van der Waals surface area contributed by atoms with Crippen LogP contribution in [0.25, 0.3) is 0 Å². The molecule has 1 aliphatic carbocycles. The van der Waals surface area contributed by atoms with Crippen LogP contribution in [0.3, 0.4) is 0 Å². The maximum atomic E-state index is 11.6. The van der Waals surface area contributed by atoms with Crippen LogP contribution in [0.15, 0.2) is 29.9 Å². The molecule has 0 radical (unpaired) electrons. The van der Waals surface area contributed by atoms with Crippen LogP contribution in [0, 0.1) is 5.92 Å². The summed E-state index contributed by atoms with van der Waals surface area (Å²) < 4.78 is 10.8. The Balaban J connectivity index is 2.04. The fraction of sp³-hybridized carbons (Fsp3) is 0.500. The van der Waals surface area contributed by atoms with Gasteiger partial charge in [0, 0.05) is 18.1 Å². The molecule has 0 aromatic heterocycles. The summed E-state index contributed by atoms with van der Waals surface area (Å²) in [6, 6.07) is -0.243. The highest BCUT2D eigenvalue weighted by Crippen LogP contribution is 2.28. The molecule has 19 heavy (non-hydrogen) atoms. The predicted octanol–water partition coefficient (Wildman–Crippen LogP) is 0.753. The number of rotatable bonds is 5. The van der Waals surface area contributed by atoms with Gasteiger partial charge in [0.05, 0.1) is 6.04 Å². The molecule has 2 aliphatic rings. The number of hydrogen-bond donors (Lipinski definition) is 1. The van der Waals surface area contributed by atoms with Gasteiger partial charge in [-0.2, -0.15) is 0 Å². The molecular formula is C14H17NO4. The van der Waals surface area contributed by atoms with E-state index in [1.54, 1.807) is 19.1 Å². The highest BCUT2D eigenvalue weighted by atomic mass is 16.7. The molecule has 4 atom stereocenters. The van der Waals surface area contributed by atoms with Gasteiger partial charge in [-0.3, -0.25) is 4.79 Å². The molecule has 1 N–H and O–H groups in total. The number of ether oxygens (including phenoxy) is 2. The lowest BCUT2D eigenvalue weighted by Crippen LogP contribution is -2.67. The second-order valence-electron chi connectivity index (χ2n) is 4.44. The minimum Gasteiger partial charge on any atom is -0.353 e. The van der Waals surface area contributed by atoms with E-state index in [9.17, 15) is 9.59 Å². The number of nitrogens with one attached hydrogen (secondary N) is 1. The summed E-state index contributed by atoms with van der Waals surface area (Å²) in [6.07, 6.45) is 6.15. The van der Waals surface area contributed by atoms with Crippen molar-refractivity contribution in [1.29, 1.82) is 0 Å². The highest BCUT2D eigenvalue weighted by molar-refractivity contribution is 5.89. The monoisotopic (exact) mass is 263 g/mol. The molecule has 0 bridgehead atoms. The van der Waals surface area contributed by atoms with Gasteiger partial charge in [0.15, 0.2) is 12.4 Å². The van der Waals surface area contributed by atoms with Gasteiger partial charge in [-0.25, -0.2) is 4.79 Å². The van der Waals surface area contributed by atoms with Crippen LogP contribution < -0.4 is 5.32 Å². The molecule has 4 unspecified atom stereocenters. The van der Waals surface area contributed by atoms with Crippen molar-refractivity contribution in [3.8, 4) is 0 Å². The molecule has 0 aromatic rings. The van der Waals surface area contributed by atoms with Gasteiger partial charge in [0.2, 0.25) is 0 Å². The fourth-order valence-electron chi connectivity index (χ4n) is 2.27. The van der Waals surface area contributed by atoms with Crippen LogP contribution in [-0.4, -0.2) is 36.9 Å². The first-order valence-corrected chi connectivity index (χ1v) is 6.34. The van der Waals surface area contributed by atoms with Crippen LogP contribution in [-0.2, 0) is 19.1 Å². The molecule has 2 rings (SSSR count). The van der Waals surface area contributed by atoms with Crippen molar-refractivity contribution in [1.82, 2.24) is 5.32 Å². The average molecular weight is 263 g/mol. The Morgan fingerprint density at radius 1 is 1.47 bits per heavy atom. The van der Waals surface area contributed by atoms with Gasteiger partial charge in [-0.1, -0.05) is 18.2 Å². The Labute approximate surface area is 112 Å². The number of β-lactam (4-membered cyclic amide) rings is 1. The molecule has 1 saturated heterocycles. The first-order valence-electron chi connectivity index (χ1n) is 6.34. The zero-order valence-electron chi connectivity index (χ0n) is 11.0. The summed E-state index contributed by atoms with van der Waals surface area (Å²) in [4.78, 5) is 22.5. The zero-order chi connectivity index (χ0) is 13.8. The molecule has 5 nitrogen and oxygen atoms in total. The molecule has 1 aliphatic heterocycles. The van der Waals surface area contributed by atoms with Gasteiger partial charge in [-0.15, -0.1) is 0 Å². The van der Waals surface area contributed by atoms with E-state index in [-0.39, 0.29) is 17.9 Å². The molecule has 0 spiro atoms. The summed E-state index contributed by atoms with van der Waals surface area (Å²) in [5.74, 6) is 1.54. The summed E-state index contributed by atoms with van der Waals surface area (Å²) >= 11 is 0. The van der Waals surface area contributed by atoms with E-state index in [1.165, 1.54) is 0 Å². The van der Waals surface area contributed by atoms with Crippen molar-refractivity contribution >= 4 is 11.8 Å². The van der Waals surface area contributed by atoms with Gasteiger partial charge in [-0.05, 0) is 19.9 Å². The number of allylic oxidation sites excluding steroid dienone is 3. The Morgan fingerprint density at radius 2 is 2.26 bits per heavy atom. The van der Waals surface area contributed by atoms with E-state index in [0.717, 1.165) is 0 Å². The van der Waals surface area contributed by atoms with Crippen LogP contribution in [0.1, 0.15) is 13.8 Å². The normalized spacial score (nSPS) is 30.5. The second-order valence-corrected chi connectivity index (χ2v) is 4.44. The molecule has 0 saturated carbocycles. The van der Waals surface area contributed by atoms with E-state index in [4.69, 9.17) is 9.47 Å². The third kappa shape index (κ3) is 2.84. The average Bonchev–Trinajstić information content (AvgIpc) is 2.42. The summed E-state index contributed by atoms with van der Waals surface area (Å²) in [5.41, 5.74) is 0.519. The van der Waals surface area contributed by atoms with Crippen molar-refractivity contribution in [2.75, 3.05) is 6.61 Å². The Kier molecular flexibility index (Phi) is 4.32. The molecule has 1 fully saturated rings. The summed E-state index contributed by atoms with van der Waals surface area (Å²) in [5, 5.41) is 2.77. The molecule has 1 amide bonds. The number of carbonyl (C=O) groups is 1. The molecule has 102 valence electrons. The maximum Gasteiger partial charge on any atom is 0.251 e. The van der Waals surface area contributed by atoms with Gasteiger partial charge in [0.1, 0.15) is 5.94 Å². The predicted molar refractivity (Wildman–Crippen MR) is 68.9 cm³/mol. The van der Waals surface area contributed by atoms with Gasteiger partial charge >= 0.3 is 0 Å². The van der Waals surface area contributed by atoms with Crippen LogP contribution in [0.4, 0.5) is 0 Å². The third-order valence-electron chi connectivity index (χ3n) is 3.20. The number of hydrogen-bond acceptors (Lipinski definition) is 4. The SMILES string of the molecule is CCOC(C)OC1C(=O)NC1C1C=CC=CC1=C=O. The van der Waals surface area contributed by atoms with E-state index in [0.29, 0.717) is 12.2 Å². The van der Waals surface area contributed by atoms with Crippen molar-refractivity contribution < 1.29 is 19.1 Å². The molecule has 1 heterocycles. The van der Waals surface area contributed by atoms with E-state index in [2.05, 4.69) is 5.32 Å². The van der Waals surface area contributed by atoms with Crippen molar-refractivity contribution in [2.45, 2.75) is 32.3 Å². The van der Waals surface area contributed by atoms with E-state index >= 15 is 0 Å². The highest BCUT2D eigenvalue weighted by Gasteiger charge is 2.46. The number of carbonyl (C=O) groups excluding carboxylic acids is 2. The minimum atomic E-state index is -0.592. The van der Waals surface area contributed by atoms with Gasteiger partial charge < -0.3 is 14.8 Å². The molecule has 5 heteroatoms. The first-order chi connectivity index (χ1) is 9.17. The first kappa shape index (κ1) is 13.7. The minimum absolute atomic E-state index is 0.176. The molecule has 0 aromatic carbocycles. The summed E-state index contributed by atoms with van der Waals surface area (Å²) in [6.45, 7) is 4.13. The lowest BCUT2D eigenvalue weighted by Gasteiger charge is -2.41. The largest absolute Gasteiger partial charge is 0.353 e. The quantitative estimate of drug-likeness (QED) is 0.452. The van der Waals surface area contributed by atoms with Crippen molar-refractivity contribution in [2.24, 2.45) is 5.92 Å². The second kappa shape index (κ2) is 5.97. The van der Waals surface area contributed by atoms with E-state index in [1.807, 2.05) is 25.0 Å². The van der Waals surface area contributed by atoms with E-state index < -0.39 is 12.4 Å². The van der Waals surface area contributed by atoms with Crippen LogP contribution in [0.5, 0.6) is 0 Å². The topological polar surface area (TPSA) is 64.6 Å². The maximum absolute atomic E-state index is 11.6. The Hall–Kier alpha value is -1.68. The van der Waals surface area contributed by atoms with Crippen molar-refractivity contribution in [3.05, 3.63) is 29.9 Å². The third-order valence-corrected chi connectivity index (χ3v) is 3.20. The number of amides is 1. The smallest absolute Gasteiger partial charge is 0.251 e. The lowest BCUT2D eigenvalue weighted by atomic mass is 9.81. The standard InChI is InChI=1S/C14H17NO4/c1-3-18-9(2)19-13-12(15-14(13)17)11-7-5-4-6-10(11)8-16/h4-7,9,11-13H,3H2,1-2H3,(H,15,17). The summed E-state index contributed by atoms with van der Waals surface area (Å²) in [7, 11) is 0. The lowest BCUT2D eigenvalue weighted by molar-refractivity contribution is -0.193. The molecular weight excluding hydrogens is 246 g/mol. The van der Waals surface area contributed by atoms with Crippen LogP contribution >= 0.6 is 0 Å². The van der Waals surface area contributed by atoms with Gasteiger partial charge in [0.25, 0.3) is 5.91 Å². The van der Waals surface area contributed by atoms with Crippen LogP contribution in [0.2, 0.25) is 0 Å². The Morgan fingerprint density at radius 3 is 2.89 bits per heavy atom.